The van der Waals surface area contributed by atoms with Gasteiger partial charge < -0.3 is 10.1 Å². The van der Waals surface area contributed by atoms with Crippen LogP contribution in [-0.4, -0.2) is 23.0 Å². The SMILES string of the molecule is COc1ccc(CNC(=O)c2nc(SCc3ccc(Cl)cc3)ncc2Br)cc1. The normalized spacial score (nSPS) is 10.5. The second-order valence-corrected chi connectivity index (χ2v) is 8.03. The van der Waals surface area contributed by atoms with Gasteiger partial charge in [-0.3, -0.25) is 4.79 Å². The monoisotopic (exact) mass is 477 g/mol. The third-order valence-electron chi connectivity index (χ3n) is 3.83. The smallest absolute Gasteiger partial charge is 0.271 e. The number of hydrogen-bond acceptors (Lipinski definition) is 5. The van der Waals surface area contributed by atoms with Crippen LogP contribution in [0, 0.1) is 0 Å². The highest BCUT2D eigenvalue weighted by Gasteiger charge is 2.14. The fourth-order valence-corrected chi connectivity index (χ4v) is 3.59. The zero-order chi connectivity index (χ0) is 19.9. The highest BCUT2D eigenvalue weighted by atomic mass is 79.9. The molecular formula is C20H17BrClN3O2S. The van der Waals surface area contributed by atoms with Crippen LogP contribution in [-0.2, 0) is 12.3 Å². The topological polar surface area (TPSA) is 64.1 Å². The van der Waals surface area contributed by atoms with Gasteiger partial charge >= 0.3 is 0 Å². The Balaban J connectivity index is 1.62. The third kappa shape index (κ3) is 5.70. The van der Waals surface area contributed by atoms with Gasteiger partial charge in [-0.2, -0.15) is 0 Å². The molecule has 28 heavy (non-hydrogen) atoms. The number of nitrogens with one attached hydrogen (secondary N) is 1. The number of hydrogen-bond donors (Lipinski definition) is 1. The quantitative estimate of drug-likeness (QED) is 0.377. The highest BCUT2D eigenvalue weighted by molar-refractivity contribution is 9.10. The number of nitrogens with zero attached hydrogens (tertiary/aromatic N) is 2. The fraction of sp³-hybridized carbons (Fsp3) is 0.150. The first kappa shape index (κ1) is 20.6. The van der Waals surface area contributed by atoms with Crippen molar-refractivity contribution < 1.29 is 9.53 Å². The Bertz CT molecular complexity index is 953. The first-order valence-electron chi connectivity index (χ1n) is 8.36. The lowest BCUT2D eigenvalue weighted by atomic mass is 10.2. The second kappa shape index (κ2) is 9.91. The largest absolute Gasteiger partial charge is 0.497 e. The van der Waals surface area contributed by atoms with Crippen molar-refractivity contribution in [1.82, 2.24) is 15.3 Å². The first-order chi connectivity index (χ1) is 13.5. The Kier molecular flexibility index (Phi) is 7.30. The van der Waals surface area contributed by atoms with Gasteiger partial charge in [0.25, 0.3) is 5.91 Å². The number of benzene rings is 2. The first-order valence-corrected chi connectivity index (χ1v) is 10.5. The van der Waals surface area contributed by atoms with Gasteiger partial charge in [-0.1, -0.05) is 47.6 Å². The molecule has 0 aliphatic heterocycles. The van der Waals surface area contributed by atoms with Crippen LogP contribution in [0.1, 0.15) is 21.6 Å². The number of carbonyl (C=O) groups is 1. The molecule has 0 fully saturated rings. The Morgan fingerprint density at radius 1 is 1.14 bits per heavy atom. The molecule has 1 amide bonds. The molecule has 0 saturated heterocycles. The molecule has 0 radical (unpaired) electrons. The van der Waals surface area contributed by atoms with Crippen LogP contribution in [0.3, 0.4) is 0 Å². The molecule has 0 saturated carbocycles. The number of halogens is 2. The predicted molar refractivity (Wildman–Crippen MR) is 115 cm³/mol. The maximum absolute atomic E-state index is 12.5. The van der Waals surface area contributed by atoms with Crippen LogP contribution >= 0.6 is 39.3 Å². The summed E-state index contributed by atoms with van der Waals surface area (Å²) < 4.78 is 5.69. The molecule has 5 nitrogen and oxygen atoms in total. The number of carbonyl (C=O) groups excluding carboxylic acids is 1. The molecule has 144 valence electrons. The van der Waals surface area contributed by atoms with Crippen molar-refractivity contribution in [1.29, 1.82) is 0 Å². The molecule has 2 aromatic carbocycles. The summed E-state index contributed by atoms with van der Waals surface area (Å²) in [7, 11) is 1.62. The molecule has 0 bridgehead atoms. The highest BCUT2D eigenvalue weighted by Crippen LogP contribution is 2.23. The standard InChI is InChI=1S/C20H17BrClN3O2S/c1-27-16-8-4-13(5-9-16)10-23-19(26)18-17(21)11-24-20(25-18)28-12-14-2-6-15(22)7-3-14/h2-9,11H,10,12H2,1H3,(H,23,26). The maximum Gasteiger partial charge on any atom is 0.271 e. The van der Waals surface area contributed by atoms with Gasteiger partial charge in [-0.05, 0) is 51.3 Å². The minimum absolute atomic E-state index is 0.265. The van der Waals surface area contributed by atoms with Crippen LogP contribution in [0.4, 0.5) is 0 Å². The molecule has 1 aromatic heterocycles. The molecule has 0 unspecified atom stereocenters. The number of aromatic nitrogens is 2. The number of ether oxygens (including phenoxy) is 1. The molecular weight excluding hydrogens is 462 g/mol. The van der Waals surface area contributed by atoms with Crippen molar-refractivity contribution in [3.8, 4) is 5.75 Å². The van der Waals surface area contributed by atoms with E-state index in [0.29, 0.717) is 32.6 Å². The lowest BCUT2D eigenvalue weighted by Gasteiger charge is -2.08. The molecule has 0 aliphatic rings. The summed E-state index contributed by atoms with van der Waals surface area (Å²) in [5, 5.41) is 4.11. The minimum atomic E-state index is -0.265. The number of thioether (sulfide) groups is 1. The Hall–Kier alpha value is -2.09. The van der Waals surface area contributed by atoms with E-state index >= 15 is 0 Å². The average Bonchev–Trinajstić information content (AvgIpc) is 2.73. The third-order valence-corrected chi connectivity index (χ3v) is 5.60. The van der Waals surface area contributed by atoms with Gasteiger partial charge in [0.2, 0.25) is 0 Å². The van der Waals surface area contributed by atoms with E-state index < -0.39 is 0 Å². The van der Waals surface area contributed by atoms with Crippen molar-refractivity contribution in [2.24, 2.45) is 0 Å². The average molecular weight is 479 g/mol. The lowest BCUT2D eigenvalue weighted by molar-refractivity contribution is 0.0944. The van der Waals surface area contributed by atoms with Crippen LogP contribution in [0.15, 0.2) is 64.4 Å². The zero-order valence-electron chi connectivity index (χ0n) is 15.0. The van der Waals surface area contributed by atoms with Gasteiger partial charge in [0.05, 0.1) is 11.6 Å². The lowest BCUT2D eigenvalue weighted by Crippen LogP contribution is -2.24. The van der Waals surface area contributed by atoms with Gasteiger partial charge in [-0.15, -0.1) is 0 Å². The van der Waals surface area contributed by atoms with Crippen molar-refractivity contribution in [3.63, 3.8) is 0 Å². The molecule has 8 heteroatoms. The van der Waals surface area contributed by atoms with Crippen LogP contribution < -0.4 is 10.1 Å². The van der Waals surface area contributed by atoms with Gasteiger partial charge in [0.15, 0.2) is 5.16 Å². The Morgan fingerprint density at radius 2 is 1.82 bits per heavy atom. The molecule has 1 N–H and O–H groups in total. The van der Waals surface area contributed by atoms with Crippen molar-refractivity contribution >= 4 is 45.2 Å². The predicted octanol–water partition coefficient (Wildman–Crippen LogP) is 5.12. The molecule has 0 atom stereocenters. The van der Waals surface area contributed by atoms with E-state index in [1.54, 1.807) is 13.3 Å². The molecule has 0 spiro atoms. The molecule has 3 aromatic rings. The summed E-state index contributed by atoms with van der Waals surface area (Å²) in [6.45, 7) is 0.395. The number of rotatable bonds is 7. The summed E-state index contributed by atoms with van der Waals surface area (Å²) in [5.74, 6) is 1.19. The van der Waals surface area contributed by atoms with Crippen molar-refractivity contribution in [2.75, 3.05) is 7.11 Å². The fourth-order valence-electron chi connectivity index (χ4n) is 2.32. The summed E-state index contributed by atoms with van der Waals surface area (Å²) >= 11 is 10.7. The Labute approximate surface area is 181 Å². The number of methoxy groups -OCH3 is 1. The van der Waals surface area contributed by atoms with E-state index in [9.17, 15) is 4.79 Å². The number of amides is 1. The summed E-state index contributed by atoms with van der Waals surface area (Å²) in [5.41, 5.74) is 2.38. The van der Waals surface area contributed by atoms with Crippen LogP contribution in [0.2, 0.25) is 5.02 Å². The van der Waals surface area contributed by atoms with Gasteiger partial charge in [0, 0.05) is 23.5 Å². The minimum Gasteiger partial charge on any atom is -0.497 e. The second-order valence-electron chi connectivity index (χ2n) is 5.80. The molecule has 3 rings (SSSR count). The van der Waals surface area contributed by atoms with E-state index in [4.69, 9.17) is 16.3 Å². The molecule has 1 heterocycles. The van der Waals surface area contributed by atoms with Crippen LogP contribution in [0.5, 0.6) is 5.75 Å². The molecule has 0 aliphatic carbocycles. The van der Waals surface area contributed by atoms with Crippen LogP contribution in [0.25, 0.3) is 0 Å². The van der Waals surface area contributed by atoms with E-state index in [2.05, 4.69) is 31.2 Å². The zero-order valence-corrected chi connectivity index (χ0v) is 18.1. The summed E-state index contributed by atoms with van der Waals surface area (Å²) in [6, 6.07) is 15.1. The van der Waals surface area contributed by atoms with Gasteiger partial charge in [0.1, 0.15) is 11.4 Å². The van der Waals surface area contributed by atoms with E-state index in [1.165, 1.54) is 11.8 Å². The maximum atomic E-state index is 12.5. The Morgan fingerprint density at radius 3 is 2.50 bits per heavy atom. The van der Waals surface area contributed by atoms with Gasteiger partial charge in [-0.25, -0.2) is 9.97 Å². The van der Waals surface area contributed by atoms with Crippen molar-refractivity contribution in [2.45, 2.75) is 17.5 Å². The summed E-state index contributed by atoms with van der Waals surface area (Å²) in [4.78, 5) is 21.2. The van der Waals surface area contributed by atoms with Crippen molar-refractivity contribution in [3.05, 3.63) is 81.0 Å². The summed E-state index contributed by atoms with van der Waals surface area (Å²) in [6.07, 6.45) is 1.60. The van der Waals surface area contributed by atoms with E-state index in [-0.39, 0.29) is 5.91 Å². The van der Waals surface area contributed by atoms with E-state index in [1.807, 2.05) is 48.5 Å². The van der Waals surface area contributed by atoms with E-state index in [0.717, 1.165) is 16.9 Å².